The number of hydrogen-bond donors (Lipinski definition) is 3. The molecule has 2 unspecified atom stereocenters. The summed E-state index contributed by atoms with van der Waals surface area (Å²) in [6, 6.07) is 9.12. The molecular formula is C12H15N3O2. The van der Waals surface area contributed by atoms with Crippen LogP contribution in [0.1, 0.15) is 24.1 Å². The van der Waals surface area contributed by atoms with Gasteiger partial charge in [-0.25, -0.2) is 0 Å². The van der Waals surface area contributed by atoms with Crippen LogP contribution in [0.4, 0.5) is 0 Å². The lowest BCUT2D eigenvalue weighted by molar-refractivity contribution is -0.125. The van der Waals surface area contributed by atoms with E-state index in [1.807, 2.05) is 13.0 Å². The minimum atomic E-state index is -1.20. The Morgan fingerprint density at radius 3 is 2.94 bits per heavy atom. The maximum atomic E-state index is 10.6. The van der Waals surface area contributed by atoms with Crippen molar-refractivity contribution in [3.05, 3.63) is 35.4 Å². The number of benzene rings is 1. The number of nitrogens with one attached hydrogen (secondary N) is 1. The van der Waals surface area contributed by atoms with Gasteiger partial charge in [0.15, 0.2) is 0 Å². The number of aliphatic hydroxyl groups excluding tert-OH is 1. The van der Waals surface area contributed by atoms with Crippen LogP contribution >= 0.6 is 0 Å². The summed E-state index contributed by atoms with van der Waals surface area (Å²) in [6.45, 7) is 1.97. The van der Waals surface area contributed by atoms with Crippen LogP contribution in [-0.4, -0.2) is 23.7 Å². The number of primary amides is 1. The van der Waals surface area contributed by atoms with Crippen LogP contribution in [0.2, 0.25) is 0 Å². The number of nitriles is 1. The average Bonchev–Trinajstić information content (AvgIpc) is 2.35. The highest BCUT2D eigenvalue weighted by Crippen LogP contribution is 2.13. The van der Waals surface area contributed by atoms with Gasteiger partial charge in [-0.2, -0.15) is 5.26 Å². The number of carbonyl (C=O) groups excluding carboxylic acids is 1. The molecule has 90 valence electrons. The molecule has 1 aromatic carbocycles. The van der Waals surface area contributed by atoms with Gasteiger partial charge < -0.3 is 16.2 Å². The van der Waals surface area contributed by atoms with E-state index < -0.39 is 12.0 Å². The summed E-state index contributed by atoms with van der Waals surface area (Å²) in [4.78, 5) is 10.6. The van der Waals surface area contributed by atoms with Crippen molar-refractivity contribution in [3.8, 4) is 6.07 Å². The van der Waals surface area contributed by atoms with E-state index in [1.165, 1.54) is 0 Å². The summed E-state index contributed by atoms with van der Waals surface area (Å²) >= 11 is 0. The van der Waals surface area contributed by atoms with E-state index in [0.717, 1.165) is 5.56 Å². The van der Waals surface area contributed by atoms with Gasteiger partial charge in [0.25, 0.3) is 0 Å². The molecule has 0 aliphatic rings. The second kappa shape index (κ2) is 5.99. The first-order valence-corrected chi connectivity index (χ1v) is 5.25. The maximum Gasteiger partial charge on any atom is 0.247 e. The first-order valence-electron chi connectivity index (χ1n) is 5.25. The van der Waals surface area contributed by atoms with Crippen molar-refractivity contribution < 1.29 is 9.90 Å². The summed E-state index contributed by atoms with van der Waals surface area (Å²) in [5.41, 5.74) is 6.43. The van der Waals surface area contributed by atoms with Gasteiger partial charge in [0.05, 0.1) is 11.6 Å². The van der Waals surface area contributed by atoms with E-state index >= 15 is 0 Å². The molecule has 0 saturated heterocycles. The molecule has 5 nitrogen and oxygen atoms in total. The van der Waals surface area contributed by atoms with Crippen LogP contribution in [0.5, 0.6) is 0 Å². The Morgan fingerprint density at radius 1 is 1.65 bits per heavy atom. The Bertz CT molecular complexity index is 440. The third-order valence-corrected chi connectivity index (χ3v) is 2.46. The van der Waals surface area contributed by atoms with Crippen LogP contribution < -0.4 is 11.1 Å². The number of nitrogens with two attached hydrogens (primary N) is 1. The number of nitrogens with zero attached hydrogens (tertiary/aromatic N) is 1. The van der Waals surface area contributed by atoms with Crippen molar-refractivity contribution in [3.63, 3.8) is 0 Å². The van der Waals surface area contributed by atoms with Crippen molar-refractivity contribution in [1.82, 2.24) is 5.32 Å². The summed E-state index contributed by atoms with van der Waals surface area (Å²) in [5, 5.41) is 21.0. The molecule has 0 heterocycles. The molecule has 0 fully saturated rings. The quantitative estimate of drug-likeness (QED) is 0.669. The Balaban J connectivity index is 2.61. The molecule has 1 amide bonds. The van der Waals surface area contributed by atoms with Gasteiger partial charge in [-0.1, -0.05) is 12.1 Å². The zero-order chi connectivity index (χ0) is 12.8. The molecule has 0 saturated carbocycles. The second-order valence-corrected chi connectivity index (χ2v) is 3.79. The molecular weight excluding hydrogens is 218 g/mol. The minimum Gasteiger partial charge on any atom is -0.382 e. The van der Waals surface area contributed by atoms with Crippen molar-refractivity contribution in [2.45, 2.75) is 19.1 Å². The molecule has 1 aromatic rings. The number of amides is 1. The second-order valence-electron chi connectivity index (χ2n) is 3.79. The highest BCUT2D eigenvalue weighted by atomic mass is 16.3. The SMILES string of the molecule is CC(NCC(O)C(N)=O)c1cccc(C#N)c1. The van der Waals surface area contributed by atoms with Gasteiger partial charge in [-0.3, -0.25) is 4.79 Å². The number of rotatable bonds is 5. The van der Waals surface area contributed by atoms with E-state index in [4.69, 9.17) is 11.0 Å². The van der Waals surface area contributed by atoms with E-state index in [1.54, 1.807) is 18.2 Å². The van der Waals surface area contributed by atoms with Crippen LogP contribution in [-0.2, 0) is 4.79 Å². The van der Waals surface area contributed by atoms with Crippen LogP contribution in [0, 0.1) is 11.3 Å². The molecule has 5 heteroatoms. The standard InChI is InChI=1S/C12H15N3O2/c1-8(15-7-11(16)12(14)17)10-4-2-3-9(5-10)6-13/h2-5,8,11,15-16H,7H2,1H3,(H2,14,17). The summed E-state index contributed by atoms with van der Waals surface area (Å²) in [6.07, 6.45) is -1.20. The molecule has 0 radical (unpaired) electrons. The zero-order valence-corrected chi connectivity index (χ0v) is 9.55. The lowest BCUT2D eigenvalue weighted by atomic mass is 10.1. The fraction of sp³-hybridized carbons (Fsp3) is 0.333. The Hall–Kier alpha value is -1.90. The van der Waals surface area contributed by atoms with Crippen molar-refractivity contribution in [2.24, 2.45) is 5.73 Å². The van der Waals surface area contributed by atoms with Gasteiger partial charge >= 0.3 is 0 Å². The normalized spacial score (nSPS) is 13.7. The van der Waals surface area contributed by atoms with Crippen molar-refractivity contribution in [2.75, 3.05) is 6.54 Å². The number of carbonyl (C=O) groups is 1. The molecule has 0 aliphatic carbocycles. The fourth-order valence-corrected chi connectivity index (χ4v) is 1.38. The Morgan fingerprint density at radius 2 is 2.35 bits per heavy atom. The fourth-order valence-electron chi connectivity index (χ4n) is 1.38. The number of aliphatic hydroxyl groups is 1. The van der Waals surface area contributed by atoms with E-state index in [-0.39, 0.29) is 12.6 Å². The van der Waals surface area contributed by atoms with E-state index in [0.29, 0.717) is 5.56 Å². The number of hydrogen-bond acceptors (Lipinski definition) is 4. The summed E-state index contributed by atoms with van der Waals surface area (Å²) in [5.74, 6) is -0.754. The van der Waals surface area contributed by atoms with E-state index in [2.05, 4.69) is 11.4 Å². The smallest absolute Gasteiger partial charge is 0.247 e. The molecule has 0 spiro atoms. The summed E-state index contributed by atoms with van der Waals surface area (Å²) < 4.78 is 0. The van der Waals surface area contributed by atoms with Gasteiger partial charge in [-0.05, 0) is 24.6 Å². The lowest BCUT2D eigenvalue weighted by Crippen LogP contribution is -2.38. The zero-order valence-electron chi connectivity index (χ0n) is 9.55. The van der Waals surface area contributed by atoms with Gasteiger partial charge in [0.1, 0.15) is 6.10 Å². The minimum absolute atomic E-state index is 0.0719. The average molecular weight is 233 g/mol. The van der Waals surface area contributed by atoms with E-state index in [9.17, 15) is 9.90 Å². The first kappa shape index (κ1) is 13.2. The molecule has 17 heavy (non-hydrogen) atoms. The predicted octanol–water partition coefficient (Wildman–Crippen LogP) is 0.0551. The third kappa shape index (κ3) is 3.87. The topological polar surface area (TPSA) is 99.1 Å². The third-order valence-electron chi connectivity index (χ3n) is 2.46. The Kier molecular flexibility index (Phi) is 4.64. The largest absolute Gasteiger partial charge is 0.382 e. The van der Waals surface area contributed by atoms with Crippen LogP contribution in [0.25, 0.3) is 0 Å². The lowest BCUT2D eigenvalue weighted by Gasteiger charge is -2.16. The molecule has 0 aromatic heterocycles. The molecule has 0 bridgehead atoms. The van der Waals surface area contributed by atoms with Crippen molar-refractivity contribution in [1.29, 1.82) is 5.26 Å². The maximum absolute atomic E-state index is 10.6. The first-order chi connectivity index (χ1) is 8.04. The molecule has 2 atom stereocenters. The van der Waals surface area contributed by atoms with Gasteiger partial charge in [0, 0.05) is 12.6 Å². The molecule has 0 aliphatic heterocycles. The predicted molar refractivity (Wildman–Crippen MR) is 62.8 cm³/mol. The Labute approximate surface area is 99.9 Å². The van der Waals surface area contributed by atoms with Gasteiger partial charge in [-0.15, -0.1) is 0 Å². The highest BCUT2D eigenvalue weighted by Gasteiger charge is 2.12. The van der Waals surface area contributed by atoms with Crippen LogP contribution in [0.15, 0.2) is 24.3 Å². The van der Waals surface area contributed by atoms with Crippen molar-refractivity contribution >= 4 is 5.91 Å². The van der Waals surface area contributed by atoms with Gasteiger partial charge in [0.2, 0.25) is 5.91 Å². The summed E-state index contributed by atoms with van der Waals surface area (Å²) in [7, 11) is 0. The molecule has 1 rings (SSSR count). The molecule has 4 N–H and O–H groups in total. The monoisotopic (exact) mass is 233 g/mol. The highest BCUT2D eigenvalue weighted by molar-refractivity contribution is 5.78. The van der Waals surface area contributed by atoms with Crippen LogP contribution in [0.3, 0.4) is 0 Å².